The fraction of sp³-hybridized carbons (Fsp3) is 0.455. The van der Waals surface area contributed by atoms with Gasteiger partial charge in [0.05, 0.1) is 0 Å². The number of hydrogen-bond acceptors (Lipinski definition) is 4. The molecule has 2 aliphatic rings. The highest BCUT2D eigenvalue weighted by Gasteiger charge is 2.26. The van der Waals surface area contributed by atoms with Crippen LogP contribution >= 0.6 is 0 Å². The van der Waals surface area contributed by atoms with Gasteiger partial charge in [-0.3, -0.25) is 4.90 Å². The Hall–Kier alpha value is -2.44. The Morgan fingerprint density at radius 1 is 0.857 bits per heavy atom. The van der Waals surface area contributed by atoms with Crippen molar-refractivity contribution in [3.8, 4) is 0 Å². The summed E-state index contributed by atoms with van der Waals surface area (Å²) in [7, 11) is 0. The summed E-state index contributed by atoms with van der Waals surface area (Å²) in [5, 5.41) is 17.6. The van der Waals surface area contributed by atoms with Crippen LogP contribution in [0.25, 0.3) is 10.8 Å². The molecule has 2 aliphatic heterocycles. The number of carboxylic acid groups (broad SMARTS) is 2. The van der Waals surface area contributed by atoms with Gasteiger partial charge in [-0.1, -0.05) is 42.5 Å². The molecule has 0 aliphatic carbocycles. The summed E-state index contributed by atoms with van der Waals surface area (Å²) in [6.45, 7) is 6.30. The lowest BCUT2D eigenvalue weighted by atomic mass is 10.0. The Kier molecular flexibility index (Phi) is 7.01. The highest BCUT2D eigenvalue weighted by atomic mass is 16.4. The van der Waals surface area contributed by atoms with E-state index in [4.69, 9.17) is 19.8 Å². The standard InChI is InChI=1S/C20H26N2.C2H2O4/c1-2-9-20-17(6-1)7-5-8-18(20)16-21-14-10-19(11-15-21)22-12-3-4-13-22;3-1(4)2(5)6/h1-2,5-9,19H,3-4,10-16H2;(H,3,4)(H,5,6). The maximum absolute atomic E-state index is 9.10. The second kappa shape index (κ2) is 9.66. The molecule has 2 N–H and O–H groups in total. The zero-order valence-corrected chi connectivity index (χ0v) is 16.1. The Labute approximate surface area is 165 Å². The molecular formula is C22H28N2O4. The lowest BCUT2D eigenvalue weighted by Gasteiger charge is -2.36. The van der Waals surface area contributed by atoms with Crippen LogP contribution in [0.1, 0.15) is 31.2 Å². The molecule has 0 aromatic heterocycles. The number of aliphatic carboxylic acids is 2. The molecule has 0 amide bonds. The largest absolute Gasteiger partial charge is 0.473 e. The molecule has 2 aromatic carbocycles. The summed E-state index contributed by atoms with van der Waals surface area (Å²) in [5.41, 5.74) is 1.48. The minimum Gasteiger partial charge on any atom is -0.473 e. The van der Waals surface area contributed by atoms with Crippen molar-refractivity contribution >= 4 is 22.7 Å². The van der Waals surface area contributed by atoms with E-state index in [9.17, 15) is 0 Å². The lowest BCUT2D eigenvalue weighted by Crippen LogP contribution is -2.43. The number of hydrogen-bond donors (Lipinski definition) is 2. The SMILES string of the molecule is O=C(O)C(=O)O.c1ccc2c(CN3CCC(N4CCCC4)CC3)cccc2c1. The lowest BCUT2D eigenvalue weighted by molar-refractivity contribution is -0.159. The van der Waals surface area contributed by atoms with E-state index in [1.807, 2.05) is 0 Å². The van der Waals surface area contributed by atoms with Crippen LogP contribution in [-0.2, 0) is 16.1 Å². The highest BCUT2D eigenvalue weighted by Crippen LogP contribution is 2.24. The van der Waals surface area contributed by atoms with Crippen LogP contribution in [0.2, 0.25) is 0 Å². The van der Waals surface area contributed by atoms with E-state index in [2.05, 4.69) is 52.3 Å². The molecule has 4 rings (SSSR count). The first-order valence-electron chi connectivity index (χ1n) is 9.94. The normalized spacial score (nSPS) is 18.6. The number of piperidine rings is 1. The van der Waals surface area contributed by atoms with E-state index >= 15 is 0 Å². The fourth-order valence-electron chi connectivity index (χ4n) is 4.22. The molecule has 6 nitrogen and oxygen atoms in total. The van der Waals surface area contributed by atoms with Gasteiger partial charge in [-0.15, -0.1) is 0 Å². The Bertz CT molecular complexity index is 792. The Morgan fingerprint density at radius 3 is 2.11 bits per heavy atom. The van der Waals surface area contributed by atoms with Gasteiger partial charge in [0.25, 0.3) is 0 Å². The maximum atomic E-state index is 9.10. The molecule has 6 heteroatoms. The summed E-state index contributed by atoms with van der Waals surface area (Å²) in [5.74, 6) is -3.65. The number of likely N-dealkylation sites (tertiary alicyclic amines) is 2. The fourth-order valence-corrected chi connectivity index (χ4v) is 4.22. The molecule has 2 aromatic rings. The second-order valence-corrected chi connectivity index (χ2v) is 7.50. The smallest absolute Gasteiger partial charge is 0.414 e. The number of carbonyl (C=O) groups is 2. The van der Waals surface area contributed by atoms with Crippen LogP contribution in [0, 0.1) is 0 Å². The molecule has 150 valence electrons. The third-order valence-corrected chi connectivity index (χ3v) is 5.67. The van der Waals surface area contributed by atoms with Crippen LogP contribution in [0.15, 0.2) is 42.5 Å². The average Bonchev–Trinajstić information content (AvgIpc) is 3.24. The molecule has 28 heavy (non-hydrogen) atoms. The van der Waals surface area contributed by atoms with E-state index in [1.165, 1.54) is 68.2 Å². The van der Waals surface area contributed by atoms with Gasteiger partial charge in [-0.25, -0.2) is 9.59 Å². The number of carboxylic acids is 2. The van der Waals surface area contributed by atoms with Crippen molar-refractivity contribution in [2.75, 3.05) is 26.2 Å². The van der Waals surface area contributed by atoms with Gasteiger partial charge in [0, 0.05) is 12.6 Å². The molecule has 0 spiro atoms. The van der Waals surface area contributed by atoms with Gasteiger partial charge in [-0.05, 0) is 68.2 Å². The van der Waals surface area contributed by atoms with Crippen molar-refractivity contribution in [1.29, 1.82) is 0 Å². The van der Waals surface area contributed by atoms with Gasteiger partial charge >= 0.3 is 11.9 Å². The van der Waals surface area contributed by atoms with Gasteiger partial charge in [-0.2, -0.15) is 0 Å². The van der Waals surface area contributed by atoms with E-state index < -0.39 is 11.9 Å². The summed E-state index contributed by atoms with van der Waals surface area (Å²) in [6.07, 6.45) is 5.53. The zero-order valence-electron chi connectivity index (χ0n) is 16.1. The first-order chi connectivity index (χ1) is 13.5. The zero-order chi connectivity index (χ0) is 19.9. The molecule has 2 saturated heterocycles. The van der Waals surface area contributed by atoms with Gasteiger partial charge in [0.1, 0.15) is 0 Å². The average molecular weight is 384 g/mol. The van der Waals surface area contributed by atoms with Gasteiger partial charge < -0.3 is 15.1 Å². The summed E-state index contributed by atoms with van der Waals surface area (Å²) < 4.78 is 0. The van der Waals surface area contributed by atoms with Crippen LogP contribution in [0.3, 0.4) is 0 Å². The predicted octanol–water partition coefficient (Wildman–Crippen LogP) is 3.06. The van der Waals surface area contributed by atoms with Crippen molar-refractivity contribution in [2.45, 2.75) is 38.3 Å². The summed E-state index contributed by atoms with van der Waals surface area (Å²) >= 11 is 0. The minimum atomic E-state index is -1.82. The predicted molar refractivity (Wildman–Crippen MR) is 108 cm³/mol. The Balaban J connectivity index is 0.000000330. The van der Waals surface area contributed by atoms with E-state index in [0.29, 0.717) is 0 Å². The molecule has 0 saturated carbocycles. The number of rotatable bonds is 3. The quantitative estimate of drug-likeness (QED) is 0.792. The third-order valence-electron chi connectivity index (χ3n) is 5.67. The number of fused-ring (bicyclic) bond motifs is 1. The molecule has 0 bridgehead atoms. The van der Waals surface area contributed by atoms with Crippen LogP contribution in [0.4, 0.5) is 0 Å². The highest BCUT2D eigenvalue weighted by molar-refractivity contribution is 6.27. The molecular weight excluding hydrogens is 356 g/mol. The van der Waals surface area contributed by atoms with Gasteiger partial charge in [0.2, 0.25) is 0 Å². The first kappa shape index (κ1) is 20.3. The van der Waals surface area contributed by atoms with E-state index in [0.717, 1.165) is 12.6 Å². The minimum absolute atomic E-state index is 0.853. The molecule has 2 heterocycles. The van der Waals surface area contributed by atoms with Crippen molar-refractivity contribution in [3.63, 3.8) is 0 Å². The van der Waals surface area contributed by atoms with Crippen molar-refractivity contribution in [3.05, 3.63) is 48.0 Å². The van der Waals surface area contributed by atoms with Crippen molar-refractivity contribution in [2.24, 2.45) is 0 Å². The van der Waals surface area contributed by atoms with Crippen LogP contribution in [0.5, 0.6) is 0 Å². The van der Waals surface area contributed by atoms with E-state index in [-0.39, 0.29) is 0 Å². The van der Waals surface area contributed by atoms with Gasteiger partial charge in [0.15, 0.2) is 0 Å². The third kappa shape index (κ3) is 5.30. The summed E-state index contributed by atoms with van der Waals surface area (Å²) in [6, 6.07) is 16.4. The molecule has 0 atom stereocenters. The van der Waals surface area contributed by atoms with Crippen molar-refractivity contribution < 1.29 is 19.8 Å². The molecule has 0 radical (unpaired) electrons. The molecule has 2 fully saturated rings. The number of benzene rings is 2. The second-order valence-electron chi connectivity index (χ2n) is 7.50. The van der Waals surface area contributed by atoms with E-state index in [1.54, 1.807) is 0 Å². The monoisotopic (exact) mass is 384 g/mol. The summed E-state index contributed by atoms with van der Waals surface area (Å²) in [4.78, 5) is 23.6. The van der Waals surface area contributed by atoms with Crippen molar-refractivity contribution in [1.82, 2.24) is 9.80 Å². The topological polar surface area (TPSA) is 81.1 Å². The van der Waals surface area contributed by atoms with Crippen LogP contribution in [-0.4, -0.2) is 64.2 Å². The number of nitrogens with zero attached hydrogens (tertiary/aromatic N) is 2. The maximum Gasteiger partial charge on any atom is 0.414 e. The van der Waals surface area contributed by atoms with Crippen LogP contribution < -0.4 is 0 Å². The molecule has 0 unspecified atom stereocenters. The Morgan fingerprint density at radius 2 is 1.46 bits per heavy atom. The first-order valence-corrected chi connectivity index (χ1v) is 9.94.